The van der Waals surface area contributed by atoms with Crippen LogP contribution in [0.25, 0.3) is 0 Å². The highest BCUT2D eigenvalue weighted by atomic mass is 32.2. The Morgan fingerprint density at radius 1 is 0.508 bits per heavy atom. The van der Waals surface area contributed by atoms with Crippen LogP contribution in [0.3, 0.4) is 0 Å². The summed E-state index contributed by atoms with van der Waals surface area (Å²) in [7, 11) is 0. The molecule has 0 aliphatic carbocycles. The Kier molecular flexibility index (Phi) is 37.7. The fourth-order valence-corrected chi connectivity index (χ4v) is 6.62. The van der Waals surface area contributed by atoms with Crippen molar-refractivity contribution in [3.63, 3.8) is 0 Å². The first-order valence-corrected chi connectivity index (χ1v) is 22.7. The van der Waals surface area contributed by atoms with Gasteiger partial charge >= 0.3 is 17.9 Å². The van der Waals surface area contributed by atoms with Crippen molar-refractivity contribution < 1.29 is 72.6 Å². The van der Waals surface area contributed by atoms with E-state index in [0.717, 1.165) is 57.8 Å². The van der Waals surface area contributed by atoms with Gasteiger partial charge in [0.1, 0.15) is 25.0 Å². The molecule has 0 saturated heterocycles. The first kappa shape index (κ1) is 57.1. The number of aliphatic carboxylic acids is 3. The lowest BCUT2D eigenvalue weighted by molar-refractivity contribution is -0.142. The van der Waals surface area contributed by atoms with E-state index in [4.69, 9.17) is 29.2 Å². The molecule has 61 heavy (non-hydrogen) atoms. The lowest BCUT2D eigenvalue weighted by Gasteiger charge is -2.14. The molecule has 0 fully saturated rings. The largest absolute Gasteiger partial charge is 0.481 e. The van der Waals surface area contributed by atoms with Crippen molar-refractivity contribution in [2.45, 2.75) is 122 Å². The van der Waals surface area contributed by atoms with Gasteiger partial charge in [-0.15, -0.1) is 0 Å². The number of unbranched alkanes of at least 4 members (excludes halogenated alkanes) is 9. The van der Waals surface area contributed by atoms with E-state index in [0.29, 0.717) is 31.6 Å². The van der Waals surface area contributed by atoms with E-state index in [1.54, 1.807) is 6.92 Å². The molecule has 0 spiro atoms. The van der Waals surface area contributed by atoms with Crippen molar-refractivity contribution in [1.29, 1.82) is 0 Å². The average molecular weight is 893 g/mol. The van der Waals surface area contributed by atoms with Crippen molar-refractivity contribution in [2.24, 2.45) is 5.92 Å². The van der Waals surface area contributed by atoms with Gasteiger partial charge in [-0.3, -0.25) is 33.6 Å². The molecule has 0 unspecified atom stereocenters. The minimum atomic E-state index is -1.18. The summed E-state index contributed by atoms with van der Waals surface area (Å²) in [6.07, 6.45) is 11.3. The maximum Gasteiger partial charge on any atom is 0.326 e. The van der Waals surface area contributed by atoms with Crippen LogP contribution in [-0.2, 0) is 57.3 Å². The third kappa shape index (κ3) is 38.8. The lowest BCUT2D eigenvalue weighted by Crippen LogP contribution is -2.41. The molecule has 0 radical (unpaired) electrons. The highest BCUT2D eigenvalue weighted by Gasteiger charge is 2.21. The summed E-state index contributed by atoms with van der Waals surface area (Å²) < 4.78 is 21.3. The number of Topliss-reactive ketones (excluding diaryl/α,β-unsaturated/α-hetero) is 1. The second-order valence-electron chi connectivity index (χ2n) is 14.4. The second-order valence-corrected chi connectivity index (χ2v) is 15.4. The number of carbonyl (C=O) groups is 8. The molecule has 0 aromatic rings. The zero-order valence-electron chi connectivity index (χ0n) is 36.0. The van der Waals surface area contributed by atoms with Crippen molar-refractivity contribution in [3.8, 4) is 0 Å². The van der Waals surface area contributed by atoms with Crippen molar-refractivity contribution in [2.75, 3.05) is 84.0 Å². The van der Waals surface area contributed by atoms with Crippen LogP contribution in [0.4, 0.5) is 0 Å². The van der Waals surface area contributed by atoms with E-state index in [9.17, 15) is 43.5 Å². The van der Waals surface area contributed by atoms with Crippen molar-refractivity contribution in [1.82, 2.24) is 21.3 Å². The smallest absolute Gasteiger partial charge is 0.326 e. The average Bonchev–Trinajstić information content (AvgIpc) is 3.21. The Morgan fingerprint density at radius 2 is 1.02 bits per heavy atom. The van der Waals surface area contributed by atoms with Gasteiger partial charge < -0.3 is 55.5 Å². The molecule has 7 N–H and O–H groups in total. The molecular weight excluding hydrogens is 821 g/mol. The van der Waals surface area contributed by atoms with Gasteiger partial charge in [-0.1, -0.05) is 58.3 Å². The molecule has 0 saturated carbocycles. The summed E-state index contributed by atoms with van der Waals surface area (Å²) in [5.74, 6) is -4.17. The highest BCUT2D eigenvalue weighted by Crippen LogP contribution is 2.13. The number of carbonyl (C=O) groups excluding carboxylic acids is 5. The number of nitrogens with one attached hydrogen (secondary N) is 4. The highest BCUT2D eigenvalue weighted by molar-refractivity contribution is 7.99. The first-order chi connectivity index (χ1) is 29.3. The van der Waals surface area contributed by atoms with Crippen LogP contribution in [0.2, 0.25) is 0 Å². The molecule has 2 atom stereocenters. The third-order valence-corrected chi connectivity index (χ3v) is 10.2. The molecule has 0 rings (SSSR count). The standard InChI is InChI=1S/C41H72N4O15S/c1-2-32(40(53)54)30-61-31-38(50)43-20-19-42-36(48)28-60-27-25-58-23-21-44-37(49)29-59-26-24-57-22-13-14-33(46)17-18-34(41(55)56)45-35(47)15-11-9-7-5-3-4-6-8-10-12-16-39(51)52/h32,34H,2-31H2,1H3,(H,42,48)(H,43,50)(H,44,49)(H,45,47)(H,51,52)(H,53,54)(H,55,56)/t32-,34-/m0/s1. The predicted molar refractivity (Wildman–Crippen MR) is 227 cm³/mol. The topological polar surface area (TPSA) is 282 Å². The van der Waals surface area contributed by atoms with Crippen LogP contribution in [0, 0.1) is 5.92 Å². The van der Waals surface area contributed by atoms with E-state index in [1.165, 1.54) is 11.8 Å². The lowest BCUT2D eigenvalue weighted by atomic mass is 10.0. The quantitative estimate of drug-likeness (QED) is 0.0433. The molecule has 0 aromatic heterocycles. The molecule has 4 amide bonds. The number of hydrogen-bond acceptors (Lipinski definition) is 13. The summed E-state index contributed by atoms with van der Waals surface area (Å²) in [5.41, 5.74) is 0. The number of carboxylic acid groups (broad SMARTS) is 3. The summed E-state index contributed by atoms with van der Waals surface area (Å²) in [6.45, 7) is 3.43. The van der Waals surface area contributed by atoms with Crippen molar-refractivity contribution in [3.05, 3.63) is 0 Å². The first-order valence-electron chi connectivity index (χ1n) is 21.5. The number of ketones is 1. The Bertz CT molecular complexity index is 1260. The number of amides is 4. The van der Waals surface area contributed by atoms with Gasteiger partial charge in [0.2, 0.25) is 23.6 Å². The van der Waals surface area contributed by atoms with Crippen LogP contribution in [0.15, 0.2) is 0 Å². The van der Waals surface area contributed by atoms with Gasteiger partial charge in [-0.25, -0.2) is 4.79 Å². The van der Waals surface area contributed by atoms with E-state index in [1.807, 2.05) is 0 Å². The zero-order valence-corrected chi connectivity index (χ0v) is 36.8. The summed E-state index contributed by atoms with van der Waals surface area (Å²) in [6, 6.07) is -1.12. The van der Waals surface area contributed by atoms with Gasteiger partial charge in [0.15, 0.2) is 0 Å². The number of hydrogen-bond donors (Lipinski definition) is 7. The van der Waals surface area contributed by atoms with Crippen LogP contribution < -0.4 is 21.3 Å². The summed E-state index contributed by atoms with van der Waals surface area (Å²) in [5, 5.41) is 37.6. The predicted octanol–water partition coefficient (Wildman–Crippen LogP) is 2.71. The van der Waals surface area contributed by atoms with Crippen LogP contribution in [0.1, 0.15) is 116 Å². The van der Waals surface area contributed by atoms with E-state index in [2.05, 4.69) is 21.3 Å². The molecule has 0 heterocycles. The Labute approximate surface area is 364 Å². The molecule has 352 valence electrons. The van der Waals surface area contributed by atoms with Gasteiger partial charge in [-0.2, -0.15) is 11.8 Å². The fraction of sp³-hybridized carbons (Fsp3) is 0.805. The fourth-order valence-electron chi connectivity index (χ4n) is 5.55. The van der Waals surface area contributed by atoms with Gasteiger partial charge in [0.25, 0.3) is 0 Å². The normalized spacial score (nSPS) is 12.0. The maximum atomic E-state index is 12.3. The monoisotopic (exact) mass is 892 g/mol. The molecule has 0 aromatic carbocycles. The molecular formula is C41H72N4O15S. The Balaban J connectivity index is 3.68. The van der Waals surface area contributed by atoms with Crippen LogP contribution in [-0.4, -0.2) is 153 Å². The molecule has 0 aliphatic heterocycles. The van der Waals surface area contributed by atoms with Gasteiger partial charge in [-0.05, 0) is 32.1 Å². The molecule has 0 aliphatic rings. The van der Waals surface area contributed by atoms with Gasteiger partial charge in [0.05, 0.1) is 44.7 Å². The van der Waals surface area contributed by atoms with Crippen molar-refractivity contribution >= 4 is 59.1 Å². The van der Waals surface area contributed by atoms with E-state index in [-0.39, 0.29) is 133 Å². The van der Waals surface area contributed by atoms with Gasteiger partial charge in [0, 0.05) is 57.7 Å². The number of rotatable bonds is 44. The Morgan fingerprint density at radius 3 is 1.56 bits per heavy atom. The molecule has 19 nitrogen and oxygen atoms in total. The molecule has 0 bridgehead atoms. The van der Waals surface area contributed by atoms with Crippen LogP contribution in [0.5, 0.6) is 0 Å². The second kappa shape index (κ2) is 40.2. The number of carboxylic acids is 3. The van der Waals surface area contributed by atoms with E-state index >= 15 is 0 Å². The number of thioether (sulfide) groups is 1. The maximum absolute atomic E-state index is 12.3. The summed E-state index contributed by atoms with van der Waals surface area (Å²) >= 11 is 1.25. The minimum absolute atomic E-state index is 0.0153. The van der Waals surface area contributed by atoms with E-state index < -0.39 is 29.9 Å². The minimum Gasteiger partial charge on any atom is -0.481 e. The number of ether oxygens (including phenoxy) is 4. The Hall–Kier alpha value is -3.85. The summed E-state index contributed by atoms with van der Waals surface area (Å²) in [4.78, 5) is 93.3. The SMILES string of the molecule is CC[C@@H](CSCC(=O)NCCNC(=O)COCCOCCNC(=O)COCCOCCCC(=O)CC[C@H](NC(=O)CCCCCCCCCCCCC(=O)O)C(=O)O)C(=O)O. The molecule has 20 heteroatoms. The zero-order chi connectivity index (χ0) is 45.4. The third-order valence-electron chi connectivity index (χ3n) is 9.08. The van der Waals surface area contributed by atoms with Crippen LogP contribution >= 0.6 is 11.8 Å².